The molecule has 0 aliphatic rings. The fraction of sp³-hybridized carbons (Fsp3) is 1.00. The molecule has 0 heterocycles. The summed E-state index contributed by atoms with van der Waals surface area (Å²) in [5.41, 5.74) is 0. The summed E-state index contributed by atoms with van der Waals surface area (Å²) >= 11 is 0. The highest BCUT2D eigenvalue weighted by atomic mass is 16.6. The summed E-state index contributed by atoms with van der Waals surface area (Å²) in [5, 5.41) is 20.6. The van der Waals surface area contributed by atoms with Crippen LogP contribution in [0, 0.1) is 32.1 Å². The molecule has 76 valence electrons. The van der Waals surface area contributed by atoms with E-state index in [1.165, 1.54) is 6.92 Å². The van der Waals surface area contributed by atoms with Crippen LogP contribution in [0.5, 0.6) is 0 Å². The van der Waals surface area contributed by atoms with Gasteiger partial charge in [0, 0.05) is 16.8 Å². The van der Waals surface area contributed by atoms with Gasteiger partial charge >= 0.3 is 0 Å². The van der Waals surface area contributed by atoms with Gasteiger partial charge in [-0.25, -0.2) is 0 Å². The minimum atomic E-state index is -0.856. The molecule has 0 amide bonds. The van der Waals surface area contributed by atoms with Gasteiger partial charge in [0.05, 0.1) is 5.92 Å². The topological polar surface area (TPSA) is 86.3 Å². The first-order valence-corrected chi connectivity index (χ1v) is 4.11. The van der Waals surface area contributed by atoms with Crippen LogP contribution in [0.3, 0.4) is 0 Å². The molecule has 0 fully saturated rings. The number of hydrogen-bond acceptors (Lipinski definition) is 4. The maximum atomic E-state index is 10.4. The predicted octanol–water partition coefficient (Wildman–Crippen LogP) is 1.20. The summed E-state index contributed by atoms with van der Waals surface area (Å²) in [4.78, 5) is 19.7. The van der Waals surface area contributed by atoms with E-state index >= 15 is 0 Å². The Morgan fingerprint density at radius 2 is 1.62 bits per heavy atom. The summed E-state index contributed by atoms with van der Waals surface area (Å²) in [6.07, 6.45) is 0. The van der Waals surface area contributed by atoms with E-state index in [9.17, 15) is 20.2 Å². The Morgan fingerprint density at radius 1 is 1.15 bits per heavy atom. The highest BCUT2D eigenvalue weighted by Gasteiger charge is 2.33. The third-order valence-electron chi connectivity index (χ3n) is 2.17. The Morgan fingerprint density at radius 3 is 1.85 bits per heavy atom. The quantitative estimate of drug-likeness (QED) is 0.481. The third-order valence-corrected chi connectivity index (χ3v) is 2.17. The molecule has 0 aromatic heterocycles. The standard InChI is InChI=1S/C7H14N2O4/c1-5(2)7(4-8(10)11)6(3)9(12)13/h5-7H,4H2,1-3H3/t6-,7+/m1/s1. The Labute approximate surface area is 76.2 Å². The average molecular weight is 190 g/mol. The monoisotopic (exact) mass is 190 g/mol. The van der Waals surface area contributed by atoms with E-state index in [2.05, 4.69) is 0 Å². The van der Waals surface area contributed by atoms with Gasteiger partial charge < -0.3 is 0 Å². The van der Waals surface area contributed by atoms with Crippen molar-refractivity contribution in [3.63, 3.8) is 0 Å². The highest BCUT2D eigenvalue weighted by molar-refractivity contribution is 4.68. The molecule has 0 bridgehead atoms. The van der Waals surface area contributed by atoms with Gasteiger partial charge in [0.2, 0.25) is 12.6 Å². The minimum Gasteiger partial charge on any atom is -0.265 e. The van der Waals surface area contributed by atoms with Crippen molar-refractivity contribution in [1.82, 2.24) is 0 Å². The Balaban J connectivity index is 4.41. The normalized spacial score (nSPS) is 15.4. The zero-order valence-corrected chi connectivity index (χ0v) is 7.97. The molecule has 0 aliphatic carbocycles. The van der Waals surface area contributed by atoms with Crippen molar-refractivity contribution in [3.8, 4) is 0 Å². The first kappa shape index (κ1) is 11.8. The predicted molar refractivity (Wildman–Crippen MR) is 46.6 cm³/mol. The molecule has 0 aromatic rings. The molecule has 0 aliphatic heterocycles. The van der Waals surface area contributed by atoms with Gasteiger partial charge in [-0.3, -0.25) is 20.2 Å². The van der Waals surface area contributed by atoms with E-state index in [0.29, 0.717) is 0 Å². The molecule has 6 heteroatoms. The highest BCUT2D eigenvalue weighted by Crippen LogP contribution is 2.17. The molecule has 2 atom stereocenters. The van der Waals surface area contributed by atoms with Gasteiger partial charge in [-0.05, 0) is 5.92 Å². The fourth-order valence-corrected chi connectivity index (χ4v) is 1.25. The van der Waals surface area contributed by atoms with Crippen molar-refractivity contribution in [2.75, 3.05) is 6.54 Å². The summed E-state index contributed by atoms with van der Waals surface area (Å²) in [6, 6.07) is -0.856. The van der Waals surface area contributed by atoms with Gasteiger partial charge in [0.15, 0.2) is 0 Å². The smallest absolute Gasteiger partial charge is 0.219 e. The van der Waals surface area contributed by atoms with Crippen molar-refractivity contribution in [3.05, 3.63) is 20.2 Å². The molecule has 0 aromatic carbocycles. The minimum absolute atomic E-state index is 0.0502. The molecule has 0 spiro atoms. The average Bonchev–Trinajstić information content (AvgIpc) is 1.97. The lowest BCUT2D eigenvalue weighted by Gasteiger charge is -2.17. The number of nitro groups is 2. The van der Waals surface area contributed by atoms with Crippen molar-refractivity contribution in [2.45, 2.75) is 26.8 Å². The van der Waals surface area contributed by atoms with Crippen LogP contribution >= 0.6 is 0 Å². The molecule has 13 heavy (non-hydrogen) atoms. The van der Waals surface area contributed by atoms with E-state index in [-0.39, 0.29) is 12.5 Å². The second kappa shape index (κ2) is 4.74. The third kappa shape index (κ3) is 3.82. The van der Waals surface area contributed by atoms with Crippen molar-refractivity contribution < 1.29 is 9.85 Å². The van der Waals surface area contributed by atoms with Crippen LogP contribution < -0.4 is 0 Å². The molecular formula is C7H14N2O4. The lowest BCUT2D eigenvalue weighted by Crippen LogP contribution is -2.34. The van der Waals surface area contributed by atoms with E-state index in [4.69, 9.17) is 0 Å². The van der Waals surface area contributed by atoms with Gasteiger partial charge in [-0.2, -0.15) is 0 Å². The van der Waals surface area contributed by atoms with Gasteiger partial charge in [0.1, 0.15) is 0 Å². The van der Waals surface area contributed by atoms with Crippen LogP contribution in [-0.4, -0.2) is 22.4 Å². The molecule has 0 radical (unpaired) electrons. The van der Waals surface area contributed by atoms with E-state index < -0.39 is 21.8 Å². The van der Waals surface area contributed by atoms with Crippen LogP contribution in [0.1, 0.15) is 20.8 Å². The number of nitrogens with zero attached hydrogens (tertiary/aromatic N) is 2. The SMILES string of the molecule is CC(C)[C@H](C[N+](=O)[O-])[C@@H](C)[N+](=O)[O-]. The van der Waals surface area contributed by atoms with Crippen LogP contribution in [0.4, 0.5) is 0 Å². The summed E-state index contributed by atoms with van der Waals surface area (Å²) in [6.45, 7) is 4.59. The first-order chi connectivity index (χ1) is 5.86. The maximum absolute atomic E-state index is 10.4. The summed E-state index contributed by atoms with van der Waals surface area (Å²) in [5.74, 6) is -0.546. The van der Waals surface area contributed by atoms with Crippen molar-refractivity contribution in [1.29, 1.82) is 0 Å². The number of rotatable bonds is 5. The van der Waals surface area contributed by atoms with Crippen LogP contribution in [-0.2, 0) is 0 Å². The Kier molecular flexibility index (Phi) is 4.30. The van der Waals surface area contributed by atoms with Gasteiger partial charge in [-0.1, -0.05) is 13.8 Å². The molecule has 0 unspecified atom stereocenters. The second-order valence-electron chi connectivity index (χ2n) is 3.45. The largest absolute Gasteiger partial charge is 0.265 e. The van der Waals surface area contributed by atoms with Gasteiger partial charge in [-0.15, -0.1) is 0 Å². The lowest BCUT2D eigenvalue weighted by atomic mass is 9.90. The molecule has 6 nitrogen and oxygen atoms in total. The second-order valence-corrected chi connectivity index (χ2v) is 3.45. The zero-order chi connectivity index (χ0) is 10.6. The van der Waals surface area contributed by atoms with E-state index in [0.717, 1.165) is 0 Å². The molecule has 0 rings (SSSR count). The Bertz CT molecular complexity index is 205. The molecule has 0 saturated carbocycles. The van der Waals surface area contributed by atoms with Crippen LogP contribution in [0.25, 0.3) is 0 Å². The van der Waals surface area contributed by atoms with Crippen molar-refractivity contribution in [2.24, 2.45) is 11.8 Å². The van der Waals surface area contributed by atoms with E-state index in [1.54, 1.807) is 13.8 Å². The van der Waals surface area contributed by atoms with Gasteiger partial charge in [0.25, 0.3) is 0 Å². The molecule has 0 saturated heterocycles. The fourth-order valence-electron chi connectivity index (χ4n) is 1.25. The summed E-state index contributed by atoms with van der Waals surface area (Å²) in [7, 11) is 0. The Hall–Kier alpha value is -1.20. The molecule has 0 N–H and O–H groups in total. The first-order valence-electron chi connectivity index (χ1n) is 4.11. The van der Waals surface area contributed by atoms with Crippen LogP contribution in [0.15, 0.2) is 0 Å². The number of hydrogen-bond donors (Lipinski definition) is 0. The van der Waals surface area contributed by atoms with Crippen LogP contribution in [0.2, 0.25) is 0 Å². The van der Waals surface area contributed by atoms with E-state index in [1.807, 2.05) is 0 Å². The lowest BCUT2D eigenvalue weighted by molar-refractivity contribution is -0.554. The summed E-state index contributed by atoms with van der Waals surface area (Å²) < 4.78 is 0. The van der Waals surface area contributed by atoms with Crippen molar-refractivity contribution >= 4 is 0 Å². The molecular weight excluding hydrogens is 176 g/mol. The maximum Gasteiger partial charge on any atom is 0.219 e. The zero-order valence-electron chi connectivity index (χ0n) is 7.97.